The molecule has 0 saturated heterocycles. The van der Waals surface area contributed by atoms with Crippen molar-refractivity contribution in [3.8, 4) is 0 Å². The highest BCUT2D eigenvalue weighted by Gasteiger charge is 2.51. The van der Waals surface area contributed by atoms with Gasteiger partial charge in [0.15, 0.2) is 24.3 Å². The van der Waals surface area contributed by atoms with Gasteiger partial charge in [-0.15, -0.1) is 0 Å². The molecular weight excluding hydrogens is 900 g/mol. The fourth-order valence-corrected chi connectivity index (χ4v) is 5.85. The summed E-state index contributed by atoms with van der Waals surface area (Å²) in [6, 6.07) is 6.85. The zero-order chi connectivity index (χ0) is 37.9. The minimum absolute atomic E-state index is 0.000718. The Hall–Kier alpha value is -2.86. The fourth-order valence-electron chi connectivity index (χ4n) is 4.64. The number of hydrogen-bond donors (Lipinski definition) is 0. The summed E-state index contributed by atoms with van der Waals surface area (Å²) in [7, 11) is 0. The number of hydrogen-bond acceptors (Lipinski definition) is 3. The van der Waals surface area contributed by atoms with Crippen molar-refractivity contribution >= 4 is 65.6 Å². The molecule has 0 heterocycles. The second-order valence-corrected chi connectivity index (χ2v) is 13.2. The molecule has 2 aliphatic carbocycles. The first kappa shape index (κ1) is 41.6. The number of benzene rings is 3. The number of ether oxygens (including phenoxy) is 1. The Morgan fingerprint density at radius 2 is 1.44 bits per heavy atom. The molecule has 3 nitrogen and oxygen atoms in total. The maximum atomic E-state index is 13.7. The highest BCUT2D eigenvalue weighted by Crippen LogP contribution is 2.45. The van der Waals surface area contributed by atoms with Crippen LogP contribution in [0, 0.1) is 17.5 Å². The number of Topliss-reactive ketones (excluding diaryl/α,β-unsaturated/α-hetero) is 1. The van der Waals surface area contributed by atoms with Gasteiger partial charge in [-0.3, -0.25) is 9.59 Å². The van der Waals surface area contributed by atoms with Crippen LogP contribution >= 0.6 is 47.8 Å². The van der Waals surface area contributed by atoms with E-state index in [-0.39, 0.29) is 21.1 Å². The first-order chi connectivity index (χ1) is 23.0. The second kappa shape index (κ2) is 16.2. The molecule has 0 fully saturated rings. The summed E-state index contributed by atoms with van der Waals surface area (Å²) in [6.45, 7) is 1.43. The zero-order valence-corrected chi connectivity index (χ0v) is 29.7. The summed E-state index contributed by atoms with van der Waals surface area (Å²) in [4.78, 5) is 22.3. The second-order valence-electron chi connectivity index (χ2n) is 10.5. The Bertz CT molecular complexity index is 1780. The number of rotatable bonds is 5. The topological polar surface area (TPSA) is 43.4 Å². The largest absolute Gasteiger partial charge is 0.466 e. The van der Waals surface area contributed by atoms with Crippen LogP contribution in [0.5, 0.6) is 0 Å². The van der Waals surface area contributed by atoms with Crippen LogP contribution < -0.4 is 0 Å². The first-order valence-electron chi connectivity index (χ1n) is 13.9. The van der Waals surface area contributed by atoms with Crippen molar-refractivity contribution in [2.45, 2.75) is 56.0 Å². The van der Waals surface area contributed by atoms with Crippen LogP contribution in [0.4, 0.5) is 52.7 Å². The van der Waals surface area contributed by atoms with Crippen molar-refractivity contribution in [3.05, 3.63) is 107 Å². The predicted octanol–water partition coefficient (Wildman–Crippen LogP) is 11.6. The van der Waals surface area contributed by atoms with Crippen LogP contribution in [0.2, 0.25) is 0 Å². The molecule has 0 aromatic heterocycles. The van der Waals surface area contributed by atoms with Gasteiger partial charge in [0.2, 0.25) is 0 Å². The Morgan fingerprint density at radius 3 is 2.02 bits per heavy atom. The van der Waals surface area contributed by atoms with Crippen LogP contribution in [0.3, 0.4) is 0 Å². The summed E-state index contributed by atoms with van der Waals surface area (Å²) in [5.41, 5.74) is -3.56. The lowest BCUT2D eigenvalue weighted by molar-refractivity contribution is -0.151. The van der Waals surface area contributed by atoms with E-state index in [0.717, 1.165) is 42.5 Å². The molecule has 3 atom stereocenters. The lowest BCUT2D eigenvalue weighted by Gasteiger charge is -2.28. The van der Waals surface area contributed by atoms with Crippen LogP contribution in [-0.4, -0.2) is 36.9 Å². The highest BCUT2D eigenvalue weighted by molar-refractivity contribution is 9.11. The molecule has 0 N–H and O–H groups in total. The van der Waals surface area contributed by atoms with E-state index >= 15 is 0 Å². The summed E-state index contributed by atoms with van der Waals surface area (Å²) in [6.07, 6.45) is -8.14. The van der Waals surface area contributed by atoms with Crippen molar-refractivity contribution in [3.63, 3.8) is 0 Å². The lowest BCUT2D eigenvalue weighted by atomic mass is 9.86. The van der Waals surface area contributed by atoms with Crippen molar-refractivity contribution in [1.82, 2.24) is 0 Å². The van der Waals surface area contributed by atoms with E-state index in [4.69, 9.17) is 0 Å². The van der Waals surface area contributed by atoms with Gasteiger partial charge < -0.3 is 4.74 Å². The van der Waals surface area contributed by atoms with Crippen LogP contribution in [-0.2, 0) is 27.3 Å². The number of alkyl halides is 9. The molecule has 0 radical (unpaired) electrons. The minimum Gasteiger partial charge on any atom is -0.466 e. The molecule has 0 saturated carbocycles. The lowest BCUT2D eigenvalue weighted by Crippen LogP contribution is -2.37. The molecule has 3 aromatic rings. The molecule has 0 bridgehead atoms. The zero-order valence-electron chi connectivity index (χ0n) is 24.9. The standard InChI is InChI=1S/C12H11BrF4O2.C10H5BrF4O.C10H5BrF4/c1-2-19-11(18)6-10(15)12(16,17)8-4-3-7(13)5-9(8)14;11-4-1-5-7(16)3-8(13)10(14,15)9(5)6(12)2-4;11-6-3-5-1-2-8(13)10(14,15)9(5)7(12)4-6/h3-5,10H,2,6H2,1H3;1-2,8H,3H2;1-4,8H. The van der Waals surface area contributed by atoms with E-state index < -0.39 is 101 Å². The molecule has 5 rings (SSSR count). The number of ketones is 1. The summed E-state index contributed by atoms with van der Waals surface area (Å²) < 4.78 is 165. The third kappa shape index (κ3) is 9.13. The van der Waals surface area contributed by atoms with E-state index in [9.17, 15) is 62.3 Å². The van der Waals surface area contributed by atoms with Gasteiger partial charge in [-0.05, 0) is 61.0 Å². The van der Waals surface area contributed by atoms with E-state index in [0.29, 0.717) is 4.47 Å². The molecule has 0 amide bonds. The molecule has 3 unspecified atom stereocenters. The smallest absolute Gasteiger partial charge is 0.310 e. The van der Waals surface area contributed by atoms with Gasteiger partial charge in [-0.2, -0.15) is 26.3 Å². The van der Waals surface area contributed by atoms with Gasteiger partial charge in [0.05, 0.1) is 29.7 Å². The summed E-state index contributed by atoms with van der Waals surface area (Å²) in [5, 5.41) is 0. The number of halogens is 15. The minimum atomic E-state index is -4.10. The number of allylic oxidation sites excluding steroid dienone is 1. The van der Waals surface area contributed by atoms with E-state index in [2.05, 4.69) is 52.5 Å². The number of esters is 1. The molecular formula is C32H21Br3F12O3. The van der Waals surface area contributed by atoms with E-state index in [1.54, 1.807) is 0 Å². The van der Waals surface area contributed by atoms with Crippen molar-refractivity contribution in [2.24, 2.45) is 0 Å². The molecule has 0 spiro atoms. The predicted molar refractivity (Wildman–Crippen MR) is 168 cm³/mol. The average Bonchev–Trinajstić information content (AvgIpc) is 2.98. The Balaban J connectivity index is 0.000000204. The van der Waals surface area contributed by atoms with Gasteiger partial charge >= 0.3 is 23.7 Å². The van der Waals surface area contributed by atoms with Crippen LogP contribution in [0.25, 0.3) is 6.08 Å². The average molecular weight is 921 g/mol. The fraction of sp³-hybridized carbons (Fsp3) is 0.312. The molecule has 272 valence electrons. The van der Waals surface area contributed by atoms with Gasteiger partial charge in [0.25, 0.3) is 0 Å². The van der Waals surface area contributed by atoms with Gasteiger partial charge in [0.1, 0.15) is 17.5 Å². The number of carbonyl (C=O) groups excluding carboxylic acids is 2. The van der Waals surface area contributed by atoms with Gasteiger partial charge in [-0.25, -0.2) is 26.3 Å². The van der Waals surface area contributed by atoms with E-state index in [1.165, 1.54) is 19.1 Å². The number of carbonyl (C=O) groups is 2. The Labute approximate surface area is 301 Å². The Kier molecular flexibility index (Phi) is 13.5. The summed E-state index contributed by atoms with van der Waals surface area (Å²) >= 11 is 8.78. The van der Waals surface area contributed by atoms with Gasteiger partial charge in [0, 0.05) is 25.4 Å². The summed E-state index contributed by atoms with van der Waals surface area (Å²) in [5.74, 6) is -17.4. The molecule has 0 aliphatic heterocycles. The van der Waals surface area contributed by atoms with Crippen LogP contribution in [0.15, 0.2) is 62.0 Å². The molecule has 18 heteroatoms. The van der Waals surface area contributed by atoms with Crippen LogP contribution in [0.1, 0.15) is 52.4 Å². The number of fused-ring (bicyclic) bond motifs is 2. The third-order valence-electron chi connectivity index (χ3n) is 6.99. The SMILES string of the molecule is CCOC(=O)CC(F)C(F)(F)c1ccc(Br)cc1F.Fc1cc(Br)cc2c1C(F)(F)C(F)C=C2.O=C1CC(F)C(F)(F)c2c(F)cc(Br)cc21. The van der Waals surface area contributed by atoms with Crippen molar-refractivity contribution in [1.29, 1.82) is 0 Å². The van der Waals surface area contributed by atoms with Crippen molar-refractivity contribution < 1.29 is 67.0 Å². The monoisotopic (exact) mass is 918 g/mol. The normalized spacial score (nSPS) is 19.2. The highest BCUT2D eigenvalue weighted by atomic mass is 79.9. The third-order valence-corrected chi connectivity index (χ3v) is 8.40. The molecule has 2 aliphatic rings. The molecule has 50 heavy (non-hydrogen) atoms. The van der Waals surface area contributed by atoms with Gasteiger partial charge in [-0.1, -0.05) is 53.9 Å². The molecule has 3 aromatic carbocycles. The maximum Gasteiger partial charge on any atom is 0.310 e. The Morgan fingerprint density at radius 1 is 0.880 bits per heavy atom. The van der Waals surface area contributed by atoms with Crippen molar-refractivity contribution in [2.75, 3.05) is 6.61 Å². The van der Waals surface area contributed by atoms with E-state index in [1.807, 2.05) is 0 Å². The quantitative estimate of drug-likeness (QED) is 0.189. The first-order valence-corrected chi connectivity index (χ1v) is 16.3. The maximum absolute atomic E-state index is 13.7.